The Morgan fingerprint density at radius 1 is 0.786 bits per heavy atom. The van der Waals surface area contributed by atoms with Crippen LogP contribution in [0.15, 0.2) is 72.8 Å². The van der Waals surface area contributed by atoms with Crippen molar-refractivity contribution in [2.24, 2.45) is 0 Å². The zero-order valence-corrected chi connectivity index (χ0v) is 15.1. The summed E-state index contributed by atoms with van der Waals surface area (Å²) in [4.78, 5) is 25.1. The molecule has 3 aromatic carbocycles. The second kappa shape index (κ2) is 8.83. The smallest absolute Gasteiger partial charge is 0.257 e. The van der Waals surface area contributed by atoms with Gasteiger partial charge in [0.2, 0.25) is 0 Å². The first-order chi connectivity index (χ1) is 13.6. The number of rotatable bonds is 6. The van der Waals surface area contributed by atoms with Gasteiger partial charge in [-0.15, -0.1) is 0 Å². The topological polar surface area (TPSA) is 98.7 Å². The van der Waals surface area contributed by atoms with Crippen LogP contribution >= 0.6 is 0 Å². The number of para-hydroxylation sites is 1. The Balaban J connectivity index is 1.74. The van der Waals surface area contributed by atoms with Crippen LogP contribution in [0.25, 0.3) is 0 Å². The fourth-order valence-corrected chi connectivity index (χ4v) is 2.68. The summed E-state index contributed by atoms with van der Waals surface area (Å²) in [5.41, 5.74) is 2.67. The molecule has 6 nitrogen and oxygen atoms in total. The van der Waals surface area contributed by atoms with Crippen molar-refractivity contribution < 1.29 is 19.8 Å². The van der Waals surface area contributed by atoms with Gasteiger partial charge in [0.1, 0.15) is 5.75 Å². The summed E-state index contributed by atoms with van der Waals surface area (Å²) in [5.74, 6) is -0.661. The number of aliphatic hydroxyl groups excluding tert-OH is 1. The standard InChI is InChI=1S/C22H20N2O4/c25-14-13-15-5-9-17(10-6-15)23-22(28)19-3-1-2-4-20(19)24-21(27)16-7-11-18(26)12-8-16/h1-12,25-26H,13-14H2,(H,23,28)(H,24,27). The number of phenolic OH excluding ortho intramolecular Hbond substituents is 1. The molecule has 0 bridgehead atoms. The molecule has 0 spiro atoms. The van der Waals surface area contributed by atoms with E-state index >= 15 is 0 Å². The van der Waals surface area contributed by atoms with Gasteiger partial charge in [0.05, 0.1) is 11.3 Å². The second-order valence-electron chi connectivity index (χ2n) is 6.17. The number of aliphatic hydroxyl groups is 1. The van der Waals surface area contributed by atoms with Crippen molar-refractivity contribution >= 4 is 23.2 Å². The van der Waals surface area contributed by atoms with E-state index in [9.17, 15) is 14.7 Å². The molecule has 0 aliphatic carbocycles. The van der Waals surface area contributed by atoms with Gasteiger partial charge in [-0.2, -0.15) is 0 Å². The summed E-state index contributed by atoms with van der Waals surface area (Å²) in [6, 6.07) is 19.8. The molecule has 0 radical (unpaired) electrons. The Hall–Kier alpha value is -3.64. The number of hydrogen-bond acceptors (Lipinski definition) is 4. The van der Waals surface area contributed by atoms with Crippen LogP contribution in [0.5, 0.6) is 5.75 Å². The molecule has 0 aliphatic heterocycles. The van der Waals surface area contributed by atoms with Crippen molar-refractivity contribution in [1.29, 1.82) is 0 Å². The van der Waals surface area contributed by atoms with Gasteiger partial charge in [-0.25, -0.2) is 0 Å². The highest BCUT2D eigenvalue weighted by molar-refractivity contribution is 6.12. The number of benzene rings is 3. The molecular weight excluding hydrogens is 356 g/mol. The van der Waals surface area contributed by atoms with E-state index in [-0.39, 0.29) is 24.2 Å². The molecule has 4 N–H and O–H groups in total. The predicted molar refractivity (Wildman–Crippen MR) is 108 cm³/mol. The lowest BCUT2D eigenvalue weighted by atomic mass is 10.1. The van der Waals surface area contributed by atoms with Gasteiger partial charge in [-0.3, -0.25) is 9.59 Å². The second-order valence-corrected chi connectivity index (χ2v) is 6.17. The van der Waals surface area contributed by atoms with E-state index in [1.54, 1.807) is 36.4 Å². The van der Waals surface area contributed by atoms with E-state index in [1.165, 1.54) is 24.3 Å². The Bertz CT molecular complexity index is 967. The maximum Gasteiger partial charge on any atom is 0.257 e. The van der Waals surface area contributed by atoms with Gasteiger partial charge in [0.25, 0.3) is 11.8 Å². The van der Waals surface area contributed by atoms with Crippen LogP contribution in [0.1, 0.15) is 26.3 Å². The third kappa shape index (κ3) is 4.75. The number of anilines is 2. The fraction of sp³-hybridized carbons (Fsp3) is 0.0909. The molecule has 0 saturated heterocycles. The van der Waals surface area contributed by atoms with E-state index in [0.29, 0.717) is 28.9 Å². The third-order valence-corrected chi connectivity index (χ3v) is 4.16. The first-order valence-electron chi connectivity index (χ1n) is 8.77. The molecule has 0 atom stereocenters. The Labute approximate surface area is 162 Å². The number of amides is 2. The van der Waals surface area contributed by atoms with Gasteiger partial charge in [0, 0.05) is 17.9 Å². The highest BCUT2D eigenvalue weighted by Gasteiger charge is 2.14. The van der Waals surface area contributed by atoms with E-state index in [4.69, 9.17) is 5.11 Å². The SMILES string of the molecule is O=C(Nc1ccccc1C(=O)Nc1ccc(CCO)cc1)c1ccc(O)cc1. The number of nitrogens with one attached hydrogen (secondary N) is 2. The summed E-state index contributed by atoms with van der Waals surface area (Å²) in [5, 5.41) is 23.8. The summed E-state index contributed by atoms with van der Waals surface area (Å²) in [6.07, 6.45) is 0.556. The summed E-state index contributed by atoms with van der Waals surface area (Å²) >= 11 is 0. The predicted octanol–water partition coefficient (Wildman–Crippen LogP) is 3.43. The number of phenols is 1. The number of carbonyl (C=O) groups is 2. The van der Waals surface area contributed by atoms with Gasteiger partial charge < -0.3 is 20.8 Å². The molecule has 6 heteroatoms. The van der Waals surface area contributed by atoms with Crippen LogP contribution in [-0.4, -0.2) is 28.6 Å². The monoisotopic (exact) mass is 376 g/mol. The summed E-state index contributed by atoms with van der Waals surface area (Å²) in [7, 11) is 0. The van der Waals surface area contributed by atoms with Crippen molar-refractivity contribution in [1.82, 2.24) is 0 Å². The molecule has 0 unspecified atom stereocenters. The lowest BCUT2D eigenvalue weighted by Crippen LogP contribution is -2.18. The largest absolute Gasteiger partial charge is 0.508 e. The zero-order valence-electron chi connectivity index (χ0n) is 15.1. The molecule has 142 valence electrons. The Morgan fingerprint density at radius 2 is 1.46 bits per heavy atom. The van der Waals surface area contributed by atoms with Crippen LogP contribution in [0.4, 0.5) is 11.4 Å². The van der Waals surface area contributed by atoms with Crippen LogP contribution in [0, 0.1) is 0 Å². The van der Waals surface area contributed by atoms with Gasteiger partial charge in [-0.1, -0.05) is 24.3 Å². The zero-order chi connectivity index (χ0) is 19.9. The average Bonchev–Trinajstić information content (AvgIpc) is 2.70. The van der Waals surface area contributed by atoms with Gasteiger partial charge in [0.15, 0.2) is 0 Å². The molecule has 0 saturated carbocycles. The molecule has 2 amide bonds. The quantitative estimate of drug-likeness (QED) is 0.530. The molecule has 0 heterocycles. The van der Waals surface area contributed by atoms with E-state index < -0.39 is 0 Å². The summed E-state index contributed by atoms with van der Waals surface area (Å²) in [6.45, 7) is 0.0693. The van der Waals surface area contributed by atoms with E-state index in [2.05, 4.69) is 10.6 Å². The minimum Gasteiger partial charge on any atom is -0.508 e. The molecule has 0 aromatic heterocycles. The maximum absolute atomic E-state index is 12.7. The highest BCUT2D eigenvalue weighted by atomic mass is 16.3. The third-order valence-electron chi connectivity index (χ3n) is 4.16. The molecule has 0 aliphatic rings. The van der Waals surface area contributed by atoms with E-state index in [1.807, 2.05) is 12.1 Å². The molecule has 3 aromatic rings. The van der Waals surface area contributed by atoms with Crippen LogP contribution in [0.3, 0.4) is 0 Å². The number of aromatic hydroxyl groups is 1. The fourth-order valence-electron chi connectivity index (χ4n) is 2.68. The maximum atomic E-state index is 12.7. The van der Waals surface area contributed by atoms with Crippen LogP contribution < -0.4 is 10.6 Å². The van der Waals surface area contributed by atoms with Crippen molar-refractivity contribution in [3.8, 4) is 5.75 Å². The lowest BCUT2D eigenvalue weighted by Gasteiger charge is -2.12. The van der Waals surface area contributed by atoms with Gasteiger partial charge >= 0.3 is 0 Å². The van der Waals surface area contributed by atoms with Gasteiger partial charge in [-0.05, 0) is 60.5 Å². The molecule has 3 rings (SSSR count). The average molecular weight is 376 g/mol. The number of carbonyl (C=O) groups excluding carboxylic acids is 2. The Morgan fingerprint density at radius 3 is 2.14 bits per heavy atom. The molecule has 0 fully saturated rings. The van der Waals surface area contributed by atoms with Crippen molar-refractivity contribution in [3.05, 3.63) is 89.5 Å². The van der Waals surface area contributed by atoms with Crippen molar-refractivity contribution in [2.75, 3.05) is 17.2 Å². The minimum atomic E-state index is -0.381. The first kappa shape index (κ1) is 19.1. The molecule has 28 heavy (non-hydrogen) atoms. The lowest BCUT2D eigenvalue weighted by molar-refractivity contribution is 0.102. The minimum absolute atomic E-state index is 0.0693. The van der Waals surface area contributed by atoms with E-state index in [0.717, 1.165) is 5.56 Å². The normalized spacial score (nSPS) is 10.3. The Kier molecular flexibility index (Phi) is 6.04. The summed E-state index contributed by atoms with van der Waals surface area (Å²) < 4.78 is 0. The number of hydrogen-bond donors (Lipinski definition) is 4. The highest BCUT2D eigenvalue weighted by Crippen LogP contribution is 2.19. The van der Waals surface area contributed by atoms with Crippen LogP contribution in [0.2, 0.25) is 0 Å². The van der Waals surface area contributed by atoms with Crippen molar-refractivity contribution in [3.63, 3.8) is 0 Å². The molecular formula is C22H20N2O4. The van der Waals surface area contributed by atoms with Crippen LogP contribution in [-0.2, 0) is 6.42 Å². The first-order valence-corrected chi connectivity index (χ1v) is 8.77. The van der Waals surface area contributed by atoms with Crippen molar-refractivity contribution in [2.45, 2.75) is 6.42 Å².